The number of methoxy groups -OCH3 is 1. The van der Waals surface area contributed by atoms with Crippen molar-refractivity contribution >= 4 is 17.2 Å². The van der Waals surface area contributed by atoms with Crippen LogP contribution in [0.2, 0.25) is 0 Å². The molecule has 24 heavy (non-hydrogen) atoms. The fourth-order valence-corrected chi connectivity index (χ4v) is 3.00. The van der Waals surface area contributed by atoms with E-state index in [1.165, 1.54) is 23.8 Å². The normalized spacial score (nSPS) is 11.9. The molecule has 2 heterocycles. The van der Waals surface area contributed by atoms with Crippen LogP contribution in [0.1, 0.15) is 21.5 Å². The van der Waals surface area contributed by atoms with Gasteiger partial charge in [-0.05, 0) is 36.4 Å². The predicted molar refractivity (Wildman–Crippen MR) is 90.1 cm³/mol. The zero-order valence-corrected chi connectivity index (χ0v) is 13.7. The van der Waals surface area contributed by atoms with Crippen LogP contribution in [-0.4, -0.2) is 29.7 Å². The second kappa shape index (κ2) is 7.29. The van der Waals surface area contributed by atoms with Crippen LogP contribution in [-0.2, 0) is 0 Å². The number of nitrogens with zero attached hydrogens (tertiary/aromatic N) is 1. The van der Waals surface area contributed by atoms with Crippen LogP contribution >= 0.6 is 11.3 Å². The Morgan fingerprint density at radius 2 is 2.17 bits per heavy atom. The number of amides is 1. The minimum Gasteiger partial charge on any atom is -0.497 e. The van der Waals surface area contributed by atoms with Gasteiger partial charge in [0.1, 0.15) is 27.4 Å². The van der Waals surface area contributed by atoms with Crippen LogP contribution in [0.15, 0.2) is 53.3 Å². The van der Waals surface area contributed by atoms with E-state index in [0.717, 1.165) is 16.3 Å². The van der Waals surface area contributed by atoms with Crippen LogP contribution in [0.25, 0.3) is 10.6 Å². The third kappa shape index (κ3) is 3.47. The molecular weight excluding hydrogens is 328 g/mol. The van der Waals surface area contributed by atoms with Gasteiger partial charge in [-0.25, -0.2) is 4.98 Å². The molecule has 0 spiro atoms. The number of ether oxygens (including phenoxy) is 1. The maximum Gasteiger partial charge on any atom is 0.263 e. The largest absolute Gasteiger partial charge is 0.497 e. The van der Waals surface area contributed by atoms with Gasteiger partial charge < -0.3 is 19.6 Å². The molecule has 0 aliphatic heterocycles. The molecule has 1 amide bonds. The van der Waals surface area contributed by atoms with Crippen molar-refractivity contribution in [1.29, 1.82) is 0 Å². The molecule has 124 valence electrons. The van der Waals surface area contributed by atoms with E-state index in [1.54, 1.807) is 19.2 Å². The summed E-state index contributed by atoms with van der Waals surface area (Å²) >= 11 is 1.28. The maximum absolute atomic E-state index is 12.3. The van der Waals surface area contributed by atoms with E-state index in [-0.39, 0.29) is 12.5 Å². The Morgan fingerprint density at radius 1 is 1.38 bits per heavy atom. The number of furan rings is 1. The first-order valence-electron chi connectivity index (χ1n) is 7.26. The van der Waals surface area contributed by atoms with E-state index in [2.05, 4.69) is 10.3 Å². The smallest absolute Gasteiger partial charge is 0.263 e. The van der Waals surface area contributed by atoms with Gasteiger partial charge in [0.2, 0.25) is 0 Å². The summed E-state index contributed by atoms with van der Waals surface area (Å²) < 4.78 is 10.3. The molecule has 2 aromatic heterocycles. The van der Waals surface area contributed by atoms with E-state index in [1.807, 2.05) is 24.3 Å². The Kier molecular flexibility index (Phi) is 4.93. The molecule has 6 nitrogen and oxygen atoms in total. The van der Waals surface area contributed by atoms with Crippen LogP contribution in [0.5, 0.6) is 5.75 Å². The summed E-state index contributed by atoms with van der Waals surface area (Å²) in [6.07, 6.45) is 3.02. The summed E-state index contributed by atoms with van der Waals surface area (Å²) in [5.74, 6) is 0.964. The highest BCUT2D eigenvalue weighted by Crippen LogP contribution is 2.27. The molecule has 1 unspecified atom stereocenters. The fourth-order valence-electron chi connectivity index (χ4n) is 2.17. The lowest BCUT2D eigenvalue weighted by atomic mass is 10.2. The van der Waals surface area contributed by atoms with Crippen molar-refractivity contribution in [2.45, 2.75) is 6.04 Å². The summed E-state index contributed by atoms with van der Waals surface area (Å²) in [4.78, 5) is 17.1. The highest BCUT2D eigenvalue weighted by atomic mass is 32.1. The number of benzene rings is 1. The number of rotatable bonds is 6. The molecule has 3 rings (SSSR count). The van der Waals surface area contributed by atoms with Gasteiger partial charge in [0.15, 0.2) is 0 Å². The third-order valence-corrected chi connectivity index (χ3v) is 4.49. The maximum atomic E-state index is 12.3. The summed E-state index contributed by atoms with van der Waals surface area (Å²) in [6.45, 7) is -0.247. The molecule has 1 atom stereocenters. The number of hydrogen-bond acceptors (Lipinski definition) is 6. The van der Waals surface area contributed by atoms with Crippen molar-refractivity contribution in [3.8, 4) is 16.3 Å². The number of carbonyl (C=O) groups is 1. The van der Waals surface area contributed by atoms with Crippen LogP contribution < -0.4 is 10.1 Å². The van der Waals surface area contributed by atoms with Crippen molar-refractivity contribution in [2.24, 2.45) is 0 Å². The molecule has 0 aliphatic rings. The topological polar surface area (TPSA) is 84.6 Å². The highest BCUT2D eigenvalue weighted by molar-refractivity contribution is 7.16. The van der Waals surface area contributed by atoms with Gasteiger partial charge in [0, 0.05) is 5.56 Å². The number of thiazole rings is 1. The van der Waals surface area contributed by atoms with Crippen LogP contribution in [0.3, 0.4) is 0 Å². The first kappa shape index (κ1) is 16.2. The molecule has 2 N–H and O–H groups in total. The summed E-state index contributed by atoms with van der Waals surface area (Å²) in [5.41, 5.74) is 0.907. The first-order valence-corrected chi connectivity index (χ1v) is 8.08. The molecule has 0 bridgehead atoms. The Hall–Kier alpha value is -2.64. The van der Waals surface area contributed by atoms with E-state index in [0.29, 0.717) is 10.6 Å². The Morgan fingerprint density at radius 3 is 2.79 bits per heavy atom. The van der Waals surface area contributed by atoms with Gasteiger partial charge in [-0.1, -0.05) is 0 Å². The fraction of sp³-hybridized carbons (Fsp3) is 0.176. The molecular formula is C17H16N2O4S. The Balaban J connectivity index is 1.73. The minimum atomic E-state index is -0.584. The van der Waals surface area contributed by atoms with Gasteiger partial charge in [0.05, 0.1) is 26.2 Å². The van der Waals surface area contributed by atoms with E-state index in [4.69, 9.17) is 9.15 Å². The summed E-state index contributed by atoms with van der Waals surface area (Å²) in [7, 11) is 1.61. The zero-order chi connectivity index (χ0) is 16.9. The van der Waals surface area contributed by atoms with Crippen LogP contribution in [0, 0.1) is 0 Å². The molecule has 0 fully saturated rings. The molecule has 3 aromatic rings. The van der Waals surface area contributed by atoms with Gasteiger partial charge >= 0.3 is 0 Å². The second-order valence-corrected chi connectivity index (χ2v) is 6.01. The third-order valence-electron chi connectivity index (χ3n) is 3.44. The number of hydrogen-bond donors (Lipinski definition) is 2. The molecule has 1 aromatic carbocycles. The molecule has 0 saturated heterocycles. The average molecular weight is 344 g/mol. The van der Waals surface area contributed by atoms with Crippen LogP contribution in [0.4, 0.5) is 0 Å². The van der Waals surface area contributed by atoms with Gasteiger partial charge in [-0.2, -0.15) is 0 Å². The summed E-state index contributed by atoms with van der Waals surface area (Å²) in [6, 6.07) is 10.3. The highest BCUT2D eigenvalue weighted by Gasteiger charge is 2.19. The standard InChI is InChI=1S/C17H16N2O4S/c1-22-12-6-4-11(5-7-12)17-18-9-15(24-17)16(21)19-13(10-20)14-3-2-8-23-14/h2-9,13,20H,10H2,1H3,(H,19,21). The van der Waals surface area contributed by atoms with Gasteiger partial charge in [-0.3, -0.25) is 4.79 Å². The molecule has 0 radical (unpaired) electrons. The first-order chi connectivity index (χ1) is 11.7. The van der Waals surface area contributed by atoms with E-state index >= 15 is 0 Å². The second-order valence-electron chi connectivity index (χ2n) is 4.98. The molecule has 0 aliphatic carbocycles. The molecule has 0 saturated carbocycles. The number of aliphatic hydroxyl groups excluding tert-OH is 1. The number of aromatic nitrogens is 1. The van der Waals surface area contributed by atoms with E-state index < -0.39 is 6.04 Å². The van der Waals surface area contributed by atoms with Gasteiger partial charge in [0.25, 0.3) is 5.91 Å². The lowest BCUT2D eigenvalue weighted by Gasteiger charge is -2.12. The number of aliphatic hydroxyl groups is 1. The van der Waals surface area contributed by atoms with Crippen molar-refractivity contribution in [3.05, 3.63) is 59.5 Å². The SMILES string of the molecule is COc1ccc(-c2ncc(C(=O)NC(CO)c3ccco3)s2)cc1. The number of carbonyl (C=O) groups excluding carboxylic acids is 1. The Labute approximate surface area is 142 Å². The minimum absolute atomic E-state index is 0.247. The quantitative estimate of drug-likeness (QED) is 0.718. The lowest BCUT2D eigenvalue weighted by molar-refractivity contribution is 0.0911. The van der Waals surface area contributed by atoms with Crippen molar-refractivity contribution < 1.29 is 19.1 Å². The van der Waals surface area contributed by atoms with Gasteiger partial charge in [-0.15, -0.1) is 11.3 Å². The molecule has 7 heteroatoms. The zero-order valence-electron chi connectivity index (χ0n) is 12.9. The van der Waals surface area contributed by atoms with Crippen molar-refractivity contribution in [3.63, 3.8) is 0 Å². The average Bonchev–Trinajstić information content (AvgIpc) is 3.31. The predicted octanol–water partition coefficient (Wildman–Crippen LogP) is 2.88. The monoisotopic (exact) mass is 344 g/mol. The van der Waals surface area contributed by atoms with Crippen molar-refractivity contribution in [2.75, 3.05) is 13.7 Å². The number of nitrogens with one attached hydrogen (secondary N) is 1. The lowest BCUT2D eigenvalue weighted by Crippen LogP contribution is -2.29. The van der Waals surface area contributed by atoms with E-state index in [9.17, 15) is 9.90 Å². The summed E-state index contributed by atoms with van der Waals surface area (Å²) in [5, 5.41) is 12.9. The van der Waals surface area contributed by atoms with Crippen molar-refractivity contribution in [1.82, 2.24) is 10.3 Å². The Bertz CT molecular complexity index is 796.